The van der Waals surface area contributed by atoms with Gasteiger partial charge in [0.25, 0.3) is 0 Å². The molecule has 0 aliphatic rings. The molecule has 1 amide bonds. The first-order chi connectivity index (χ1) is 14.1. The summed E-state index contributed by atoms with van der Waals surface area (Å²) in [5.41, 5.74) is 4.90. The van der Waals surface area contributed by atoms with Crippen molar-refractivity contribution in [3.8, 4) is 0 Å². The van der Waals surface area contributed by atoms with Gasteiger partial charge < -0.3 is 5.32 Å². The van der Waals surface area contributed by atoms with Crippen LogP contribution in [0.4, 0.5) is 5.69 Å². The van der Waals surface area contributed by atoms with E-state index in [1.807, 2.05) is 86.6 Å². The molecule has 1 atom stereocenters. The number of carbonyl (C=O) groups excluding carboxylic acids is 1. The highest BCUT2D eigenvalue weighted by molar-refractivity contribution is 8.00. The average molecular weight is 399 g/mol. The van der Waals surface area contributed by atoms with Gasteiger partial charge in [-0.3, -0.25) is 9.78 Å². The van der Waals surface area contributed by atoms with Crippen LogP contribution in [-0.2, 0) is 4.79 Å². The van der Waals surface area contributed by atoms with Gasteiger partial charge in [0.2, 0.25) is 5.91 Å². The second kappa shape index (κ2) is 8.50. The minimum atomic E-state index is -0.385. The Morgan fingerprint density at radius 3 is 2.55 bits per heavy atom. The molecule has 3 aromatic carbocycles. The maximum absolute atomic E-state index is 13.4. The first kappa shape index (κ1) is 19.2. The van der Waals surface area contributed by atoms with Crippen LogP contribution < -0.4 is 5.32 Å². The Kier molecular flexibility index (Phi) is 5.63. The Hall–Kier alpha value is -3.11. The minimum absolute atomic E-state index is 0.0390. The molecular formula is C25H22N2OS. The second-order valence-corrected chi connectivity index (χ2v) is 8.19. The predicted octanol–water partition coefficient (Wildman–Crippen LogP) is 6.32. The highest BCUT2D eigenvalue weighted by Crippen LogP contribution is 2.39. The van der Waals surface area contributed by atoms with Gasteiger partial charge >= 0.3 is 0 Å². The first-order valence-electron chi connectivity index (χ1n) is 9.55. The van der Waals surface area contributed by atoms with Crippen LogP contribution in [0, 0.1) is 13.8 Å². The summed E-state index contributed by atoms with van der Waals surface area (Å²) in [7, 11) is 0. The maximum Gasteiger partial charge on any atom is 0.242 e. The van der Waals surface area contributed by atoms with Crippen LogP contribution in [0.15, 0.2) is 90.0 Å². The molecule has 0 bridgehead atoms. The van der Waals surface area contributed by atoms with Crippen molar-refractivity contribution >= 4 is 34.3 Å². The number of hydrogen-bond acceptors (Lipinski definition) is 3. The number of para-hydroxylation sites is 1. The lowest BCUT2D eigenvalue weighted by atomic mass is 10.1. The fraction of sp³-hybridized carbons (Fsp3) is 0.120. The van der Waals surface area contributed by atoms with Crippen LogP contribution in [0.1, 0.15) is 21.9 Å². The molecule has 0 saturated heterocycles. The third kappa shape index (κ3) is 4.33. The largest absolute Gasteiger partial charge is 0.325 e. The van der Waals surface area contributed by atoms with E-state index in [1.54, 1.807) is 6.20 Å². The lowest BCUT2D eigenvalue weighted by Gasteiger charge is -2.19. The van der Waals surface area contributed by atoms with Gasteiger partial charge in [-0.2, -0.15) is 0 Å². The molecular weight excluding hydrogens is 376 g/mol. The van der Waals surface area contributed by atoms with Gasteiger partial charge in [0.05, 0.1) is 5.52 Å². The summed E-state index contributed by atoms with van der Waals surface area (Å²) in [5, 5.41) is 3.82. The Labute approximate surface area is 175 Å². The number of pyridine rings is 1. The molecule has 4 aromatic rings. The third-order valence-corrected chi connectivity index (χ3v) is 6.14. The molecule has 0 fully saturated rings. The molecule has 4 heteroatoms. The lowest BCUT2D eigenvalue weighted by molar-refractivity contribution is -0.115. The topological polar surface area (TPSA) is 42.0 Å². The molecule has 0 radical (unpaired) electrons. The number of aromatic nitrogens is 1. The van der Waals surface area contributed by atoms with Gasteiger partial charge in [0.1, 0.15) is 5.25 Å². The smallest absolute Gasteiger partial charge is 0.242 e. The molecule has 1 heterocycles. The molecule has 0 unspecified atom stereocenters. The summed E-state index contributed by atoms with van der Waals surface area (Å²) < 4.78 is 0. The van der Waals surface area contributed by atoms with Crippen LogP contribution in [0.3, 0.4) is 0 Å². The zero-order chi connectivity index (χ0) is 20.2. The van der Waals surface area contributed by atoms with Gasteiger partial charge in [-0.15, -0.1) is 11.8 Å². The highest BCUT2D eigenvalue weighted by atomic mass is 32.2. The Morgan fingerprint density at radius 1 is 0.931 bits per heavy atom. The predicted molar refractivity (Wildman–Crippen MR) is 121 cm³/mol. The van der Waals surface area contributed by atoms with Crippen LogP contribution in [0.5, 0.6) is 0 Å². The number of hydrogen-bond donors (Lipinski definition) is 1. The van der Waals surface area contributed by atoms with Crippen molar-refractivity contribution in [2.45, 2.75) is 24.0 Å². The molecule has 0 spiro atoms. The normalized spacial score (nSPS) is 11.9. The van der Waals surface area contributed by atoms with Crippen molar-refractivity contribution < 1.29 is 4.79 Å². The molecule has 0 aliphatic heterocycles. The standard InChI is InChI=1S/C25H22N2OS/c1-17-13-14-18(2)21(16-17)27-25(28)24(20-8-4-3-5-9-20)29-22-12-6-10-19-11-7-15-26-23(19)22/h3-16,24H,1-2H3,(H,27,28)/t24-/m0/s1. The maximum atomic E-state index is 13.4. The van der Waals surface area contributed by atoms with Crippen LogP contribution in [0.25, 0.3) is 10.9 Å². The number of aryl methyl sites for hydroxylation is 2. The summed E-state index contributed by atoms with van der Waals surface area (Å²) in [6.07, 6.45) is 1.79. The highest BCUT2D eigenvalue weighted by Gasteiger charge is 2.23. The number of amides is 1. The van der Waals surface area contributed by atoms with Crippen molar-refractivity contribution in [1.29, 1.82) is 0 Å². The van der Waals surface area contributed by atoms with E-state index in [-0.39, 0.29) is 11.2 Å². The van der Waals surface area contributed by atoms with Crippen molar-refractivity contribution in [2.24, 2.45) is 0 Å². The minimum Gasteiger partial charge on any atom is -0.325 e. The number of anilines is 1. The summed E-state index contributed by atoms with van der Waals surface area (Å²) in [4.78, 5) is 18.9. The number of carbonyl (C=O) groups is 1. The molecule has 1 aromatic heterocycles. The van der Waals surface area contributed by atoms with E-state index in [0.29, 0.717) is 0 Å². The van der Waals surface area contributed by atoms with Gasteiger partial charge in [0, 0.05) is 22.2 Å². The quantitative estimate of drug-likeness (QED) is 0.400. The van der Waals surface area contributed by atoms with Crippen molar-refractivity contribution in [2.75, 3.05) is 5.32 Å². The zero-order valence-electron chi connectivity index (χ0n) is 16.4. The molecule has 4 rings (SSSR count). The molecule has 0 aliphatic carbocycles. The van der Waals surface area contributed by atoms with E-state index < -0.39 is 0 Å². The fourth-order valence-electron chi connectivity index (χ4n) is 3.27. The number of benzene rings is 3. The van der Waals surface area contributed by atoms with Crippen LogP contribution in [0.2, 0.25) is 0 Å². The van der Waals surface area contributed by atoms with E-state index in [2.05, 4.69) is 16.4 Å². The van der Waals surface area contributed by atoms with E-state index in [1.165, 1.54) is 11.8 Å². The van der Waals surface area contributed by atoms with Crippen molar-refractivity contribution in [3.05, 3.63) is 102 Å². The Balaban J connectivity index is 1.70. The molecule has 0 saturated carbocycles. The molecule has 144 valence electrons. The van der Waals surface area contributed by atoms with Crippen LogP contribution >= 0.6 is 11.8 Å². The number of nitrogens with zero attached hydrogens (tertiary/aromatic N) is 1. The third-order valence-electron chi connectivity index (χ3n) is 4.83. The monoisotopic (exact) mass is 398 g/mol. The van der Waals surface area contributed by atoms with E-state index >= 15 is 0 Å². The number of thioether (sulfide) groups is 1. The number of fused-ring (bicyclic) bond motifs is 1. The number of nitrogens with one attached hydrogen (secondary N) is 1. The zero-order valence-corrected chi connectivity index (χ0v) is 17.2. The SMILES string of the molecule is Cc1ccc(C)c(NC(=O)[C@@H](Sc2cccc3cccnc23)c2ccccc2)c1. The summed E-state index contributed by atoms with van der Waals surface area (Å²) in [6.45, 7) is 4.04. The first-order valence-corrected chi connectivity index (χ1v) is 10.4. The lowest BCUT2D eigenvalue weighted by Crippen LogP contribution is -2.19. The van der Waals surface area contributed by atoms with Crippen molar-refractivity contribution in [1.82, 2.24) is 4.98 Å². The number of rotatable bonds is 5. The average Bonchev–Trinajstić information content (AvgIpc) is 2.75. The van der Waals surface area contributed by atoms with E-state index in [9.17, 15) is 4.79 Å². The van der Waals surface area contributed by atoms with Gasteiger partial charge in [-0.05, 0) is 48.7 Å². The van der Waals surface area contributed by atoms with Gasteiger partial charge in [-0.1, -0.05) is 60.7 Å². The van der Waals surface area contributed by atoms with E-state index in [0.717, 1.165) is 38.2 Å². The van der Waals surface area contributed by atoms with Gasteiger partial charge in [-0.25, -0.2) is 0 Å². The summed E-state index contributed by atoms with van der Waals surface area (Å²) in [5.74, 6) is -0.0390. The second-order valence-electron chi connectivity index (χ2n) is 7.05. The molecule has 29 heavy (non-hydrogen) atoms. The fourth-order valence-corrected chi connectivity index (χ4v) is 4.42. The Bertz CT molecular complexity index is 1150. The van der Waals surface area contributed by atoms with E-state index in [4.69, 9.17) is 0 Å². The summed E-state index contributed by atoms with van der Waals surface area (Å²) in [6, 6.07) is 26.0. The summed E-state index contributed by atoms with van der Waals surface area (Å²) >= 11 is 1.53. The van der Waals surface area contributed by atoms with Gasteiger partial charge in [0.15, 0.2) is 0 Å². The molecule has 3 nitrogen and oxygen atoms in total. The van der Waals surface area contributed by atoms with Crippen LogP contribution in [-0.4, -0.2) is 10.9 Å². The van der Waals surface area contributed by atoms with Crippen molar-refractivity contribution in [3.63, 3.8) is 0 Å². The Morgan fingerprint density at radius 2 is 1.72 bits per heavy atom. The molecule has 1 N–H and O–H groups in total.